The Morgan fingerprint density at radius 3 is 2.45 bits per heavy atom. The van der Waals surface area contributed by atoms with Crippen molar-refractivity contribution >= 4 is 5.97 Å². The smallest absolute Gasteiger partial charge is 0.314 e. The van der Waals surface area contributed by atoms with Crippen LogP contribution in [0.5, 0.6) is 0 Å². The first-order chi connectivity index (χ1) is 15.5. The molecule has 5 heteroatoms. The van der Waals surface area contributed by atoms with Crippen LogP contribution in [0, 0.1) is 28.6 Å². The van der Waals surface area contributed by atoms with Crippen molar-refractivity contribution in [2.75, 3.05) is 7.11 Å². The van der Waals surface area contributed by atoms with Gasteiger partial charge in [-0.3, -0.25) is 4.79 Å². The highest BCUT2D eigenvalue weighted by atomic mass is 16.5. The van der Waals surface area contributed by atoms with Crippen molar-refractivity contribution in [2.24, 2.45) is 28.6 Å². The SMILES string of the molecule is COC(=O)C(C)(C)[C@@H](O)/C=C/[C@@H](C)[C@H]1CC[C@H]2/C(=C/C=C3C[C@@H](O)C[C@H](O)C3)CCC[C@]12C. The zero-order valence-corrected chi connectivity index (χ0v) is 21.1. The lowest BCUT2D eigenvalue weighted by molar-refractivity contribution is -0.155. The molecule has 0 aliphatic heterocycles. The molecule has 0 aromatic heterocycles. The summed E-state index contributed by atoms with van der Waals surface area (Å²) in [5, 5.41) is 30.6. The van der Waals surface area contributed by atoms with Gasteiger partial charge in [0, 0.05) is 0 Å². The minimum absolute atomic E-state index is 0.223. The number of aliphatic hydroxyl groups excluding tert-OH is 3. The van der Waals surface area contributed by atoms with Crippen LogP contribution in [0.3, 0.4) is 0 Å². The highest BCUT2D eigenvalue weighted by molar-refractivity contribution is 5.76. The van der Waals surface area contributed by atoms with Crippen LogP contribution in [0.1, 0.15) is 79.1 Å². The van der Waals surface area contributed by atoms with E-state index in [1.54, 1.807) is 19.9 Å². The van der Waals surface area contributed by atoms with Crippen molar-refractivity contribution in [2.45, 2.75) is 97.4 Å². The topological polar surface area (TPSA) is 87.0 Å². The molecule has 3 rings (SSSR count). The van der Waals surface area contributed by atoms with Crippen molar-refractivity contribution < 1.29 is 24.9 Å². The number of hydrogen-bond donors (Lipinski definition) is 3. The number of carbonyl (C=O) groups excluding carboxylic acids is 1. The summed E-state index contributed by atoms with van der Waals surface area (Å²) in [5.74, 6) is 0.986. The zero-order chi connectivity index (χ0) is 24.4. The van der Waals surface area contributed by atoms with Crippen LogP contribution in [0.25, 0.3) is 0 Å². The van der Waals surface area contributed by atoms with Crippen LogP contribution in [-0.2, 0) is 9.53 Å². The number of ether oxygens (including phenoxy) is 1. The maximum Gasteiger partial charge on any atom is 0.314 e. The molecule has 5 nitrogen and oxygen atoms in total. The monoisotopic (exact) mass is 460 g/mol. The van der Waals surface area contributed by atoms with Crippen molar-refractivity contribution in [1.29, 1.82) is 0 Å². The molecule has 0 radical (unpaired) electrons. The third-order valence-electron chi connectivity index (χ3n) is 8.79. The van der Waals surface area contributed by atoms with Crippen LogP contribution in [-0.4, -0.2) is 46.7 Å². The van der Waals surface area contributed by atoms with Crippen LogP contribution in [0.2, 0.25) is 0 Å². The second-order valence-electron chi connectivity index (χ2n) is 11.5. The first-order valence-corrected chi connectivity index (χ1v) is 12.7. The third-order valence-corrected chi connectivity index (χ3v) is 8.79. The van der Waals surface area contributed by atoms with Crippen LogP contribution < -0.4 is 0 Å². The average Bonchev–Trinajstić information content (AvgIpc) is 3.11. The molecule has 186 valence electrons. The number of hydrogen-bond acceptors (Lipinski definition) is 5. The molecule has 0 aromatic rings. The summed E-state index contributed by atoms with van der Waals surface area (Å²) in [6.45, 7) is 8.09. The molecule has 0 unspecified atom stereocenters. The van der Waals surface area contributed by atoms with Crippen molar-refractivity contribution in [3.05, 3.63) is 35.5 Å². The summed E-state index contributed by atoms with van der Waals surface area (Å²) in [4.78, 5) is 12.0. The Hall–Kier alpha value is -1.43. The Kier molecular flexibility index (Phi) is 8.29. The lowest BCUT2D eigenvalue weighted by Gasteiger charge is -2.44. The largest absolute Gasteiger partial charge is 0.469 e. The molecule has 3 aliphatic carbocycles. The van der Waals surface area contributed by atoms with Crippen LogP contribution >= 0.6 is 0 Å². The number of allylic oxidation sites excluding steroid dienone is 4. The number of carbonyl (C=O) groups is 1. The van der Waals surface area contributed by atoms with Gasteiger partial charge in [0.15, 0.2) is 0 Å². The molecule has 7 atom stereocenters. The molecule has 0 spiro atoms. The van der Waals surface area contributed by atoms with Crippen molar-refractivity contribution in [1.82, 2.24) is 0 Å². The molecule has 3 N–H and O–H groups in total. The van der Waals surface area contributed by atoms with Gasteiger partial charge < -0.3 is 20.1 Å². The lowest BCUT2D eigenvalue weighted by atomic mass is 9.61. The van der Waals surface area contributed by atoms with E-state index in [1.165, 1.54) is 31.9 Å². The van der Waals surface area contributed by atoms with Gasteiger partial charge in [-0.15, -0.1) is 0 Å². The fraction of sp³-hybridized carbons (Fsp3) is 0.750. The van der Waals surface area contributed by atoms with Crippen LogP contribution in [0.4, 0.5) is 0 Å². The standard InChI is InChI=1S/C28H44O5/c1-18(8-13-25(31)27(2,3)26(32)33-5)23-11-12-24-20(7-6-14-28(23,24)4)10-9-19-15-21(29)17-22(30)16-19/h8-10,13,18,21-25,29-31H,6-7,11-12,14-17H2,1-5H3/b13-8+,20-10+/t18-,21-,22-,23-,24+,25+,28-/m1/s1. The molecule has 0 amide bonds. The zero-order valence-electron chi connectivity index (χ0n) is 21.1. The van der Waals surface area contributed by atoms with E-state index < -0.39 is 29.7 Å². The molecule has 0 aromatic carbocycles. The Labute approximate surface area is 199 Å². The van der Waals surface area contributed by atoms with Crippen LogP contribution in [0.15, 0.2) is 35.5 Å². The Morgan fingerprint density at radius 1 is 1.15 bits per heavy atom. The summed E-state index contributed by atoms with van der Waals surface area (Å²) >= 11 is 0. The van der Waals surface area contributed by atoms with Gasteiger partial charge >= 0.3 is 5.97 Å². The molecule has 3 saturated carbocycles. The van der Waals surface area contributed by atoms with Gasteiger partial charge in [-0.1, -0.05) is 49.3 Å². The molecular weight excluding hydrogens is 416 g/mol. The minimum atomic E-state index is -0.971. The molecule has 3 fully saturated rings. The van der Waals surface area contributed by atoms with E-state index in [0.29, 0.717) is 37.0 Å². The highest BCUT2D eigenvalue weighted by Crippen LogP contribution is 2.59. The minimum Gasteiger partial charge on any atom is -0.469 e. The highest BCUT2D eigenvalue weighted by Gasteiger charge is 2.50. The summed E-state index contributed by atoms with van der Waals surface area (Å²) in [6, 6.07) is 0. The number of rotatable bonds is 6. The number of methoxy groups -OCH3 is 1. The Bertz CT molecular complexity index is 782. The van der Waals surface area contributed by atoms with Gasteiger partial charge in [-0.2, -0.15) is 0 Å². The molecular formula is C28H44O5. The van der Waals surface area contributed by atoms with Gasteiger partial charge in [0.05, 0.1) is 30.8 Å². The van der Waals surface area contributed by atoms with E-state index in [0.717, 1.165) is 18.4 Å². The van der Waals surface area contributed by atoms with Gasteiger partial charge in [0.2, 0.25) is 0 Å². The lowest BCUT2D eigenvalue weighted by Crippen LogP contribution is -2.37. The predicted octanol–water partition coefficient (Wildman–Crippen LogP) is 4.71. The van der Waals surface area contributed by atoms with E-state index in [9.17, 15) is 20.1 Å². The van der Waals surface area contributed by atoms with Crippen molar-refractivity contribution in [3.8, 4) is 0 Å². The fourth-order valence-electron chi connectivity index (χ4n) is 6.71. The predicted molar refractivity (Wildman–Crippen MR) is 130 cm³/mol. The second-order valence-corrected chi connectivity index (χ2v) is 11.5. The molecule has 0 bridgehead atoms. The molecule has 0 saturated heterocycles. The van der Waals surface area contributed by atoms with Gasteiger partial charge in [-0.25, -0.2) is 0 Å². The first kappa shape index (κ1) is 26.2. The Balaban J connectivity index is 1.72. The van der Waals surface area contributed by atoms with E-state index in [1.807, 2.05) is 0 Å². The molecule has 33 heavy (non-hydrogen) atoms. The maximum atomic E-state index is 12.0. The van der Waals surface area contributed by atoms with Gasteiger partial charge in [0.25, 0.3) is 0 Å². The second kappa shape index (κ2) is 10.5. The number of esters is 1. The normalized spacial score (nSPS) is 36.0. The first-order valence-electron chi connectivity index (χ1n) is 12.7. The van der Waals surface area contributed by atoms with E-state index in [2.05, 4.69) is 32.1 Å². The van der Waals surface area contributed by atoms with Gasteiger partial charge in [-0.05, 0) is 88.4 Å². The average molecular weight is 461 g/mol. The summed E-state index contributed by atoms with van der Waals surface area (Å²) in [5.41, 5.74) is 1.91. The van der Waals surface area contributed by atoms with Crippen molar-refractivity contribution in [3.63, 3.8) is 0 Å². The Morgan fingerprint density at radius 2 is 1.82 bits per heavy atom. The molecule has 0 heterocycles. The fourth-order valence-corrected chi connectivity index (χ4v) is 6.71. The van der Waals surface area contributed by atoms with E-state index in [4.69, 9.17) is 4.74 Å². The van der Waals surface area contributed by atoms with E-state index in [-0.39, 0.29) is 5.41 Å². The van der Waals surface area contributed by atoms with Gasteiger partial charge in [0.1, 0.15) is 0 Å². The van der Waals surface area contributed by atoms with E-state index >= 15 is 0 Å². The maximum absolute atomic E-state index is 12.0. The number of fused-ring (bicyclic) bond motifs is 1. The summed E-state index contributed by atoms with van der Waals surface area (Å²) in [6.07, 6.45) is 14.2. The third kappa shape index (κ3) is 5.63. The summed E-state index contributed by atoms with van der Waals surface area (Å²) in [7, 11) is 1.35. The number of aliphatic hydroxyl groups is 3. The molecule has 3 aliphatic rings. The summed E-state index contributed by atoms with van der Waals surface area (Å²) < 4.78 is 4.85. The quantitative estimate of drug-likeness (QED) is 0.395.